The molecule has 0 fully saturated rings. The van der Waals surface area contributed by atoms with Gasteiger partial charge in [-0.05, 0) is 31.5 Å². The maximum atomic E-state index is 13.7. The third-order valence-corrected chi connectivity index (χ3v) is 5.87. The zero-order valence-corrected chi connectivity index (χ0v) is 17.3. The monoisotopic (exact) mass is 406 g/mol. The lowest BCUT2D eigenvalue weighted by Crippen LogP contribution is -2.24. The van der Waals surface area contributed by atoms with E-state index in [4.69, 9.17) is 18.9 Å². The van der Waals surface area contributed by atoms with Crippen molar-refractivity contribution in [2.24, 2.45) is 0 Å². The molecule has 1 atom stereocenters. The van der Waals surface area contributed by atoms with Gasteiger partial charge in [0, 0.05) is 34.5 Å². The summed E-state index contributed by atoms with van der Waals surface area (Å²) in [6.07, 6.45) is 2.62. The predicted octanol–water partition coefficient (Wildman–Crippen LogP) is 4.42. The predicted molar refractivity (Wildman–Crippen MR) is 115 cm³/mol. The summed E-state index contributed by atoms with van der Waals surface area (Å²) in [6.45, 7) is 4.30. The van der Waals surface area contributed by atoms with Crippen molar-refractivity contribution in [1.82, 2.24) is 9.55 Å². The van der Waals surface area contributed by atoms with Crippen LogP contribution in [0.3, 0.4) is 0 Å². The van der Waals surface area contributed by atoms with Crippen LogP contribution in [0.1, 0.15) is 26.3 Å². The summed E-state index contributed by atoms with van der Waals surface area (Å²) < 4.78 is 23.9. The molecular weight excluding hydrogens is 384 g/mol. The van der Waals surface area contributed by atoms with Gasteiger partial charge in [0.15, 0.2) is 23.0 Å². The average Bonchev–Trinajstić information content (AvgIpc) is 3.23. The molecule has 0 radical (unpaired) electrons. The molecule has 7 heteroatoms. The molecule has 5 rings (SSSR count). The third kappa shape index (κ3) is 2.51. The van der Waals surface area contributed by atoms with E-state index in [0.29, 0.717) is 28.4 Å². The minimum atomic E-state index is -0.0713. The second kappa shape index (κ2) is 6.79. The maximum absolute atomic E-state index is 13.7. The van der Waals surface area contributed by atoms with Gasteiger partial charge in [-0.1, -0.05) is 6.92 Å². The summed E-state index contributed by atoms with van der Waals surface area (Å²) in [7, 11) is 3.15. The van der Waals surface area contributed by atoms with E-state index in [0.717, 1.165) is 33.6 Å². The Bertz CT molecular complexity index is 1380. The highest BCUT2D eigenvalue weighted by molar-refractivity contribution is 6.15. The molecule has 0 spiro atoms. The highest BCUT2D eigenvalue weighted by Crippen LogP contribution is 2.40. The van der Waals surface area contributed by atoms with Gasteiger partial charge in [0.05, 0.1) is 30.6 Å². The van der Waals surface area contributed by atoms with E-state index in [-0.39, 0.29) is 18.4 Å². The van der Waals surface area contributed by atoms with Crippen LogP contribution in [0.4, 0.5) is 0 Å². The fourth-order valence-corrected chi connectivity index (χ4v) is 4.14. The van der Waals surface area contributed by atoms with E-state index < -0.39 is 0 Å². The first kappa shape index (κ1) is 18.5. The van der Waals surface area contributed by atoms with E-state index >= 15 is 0 Å². The molecule has 1 aliphatic rings. The lowest BCUT2D eigenvalue weighted by atomic mass is 10.0. The van der Waals surface area contributed by atoms with Gasteiger partial charge in [-0.2, -0.15) is 0 Å². The Labute approximate surface area is 172 Å². The van der Waals surface area contributed by atoms with Crippen molar-refractivity contribution < 1.29 is 18.9 Å². The van der Waals surface area contributed by atoms with Gasteiger partial charge in [-0.25, -0.2) is 0 Å². The van der Waals surface area contributed by atoms with Gasteiger partial charge >= 0.3 is 0 Å². The Morgan fingerprint density at radius 2 is 1.67 bits per heavy atom. The minimum absolute atomic E-state index is 0.00600. The second-order valence-electron chi connectivity index (χ2n) is 7.43. The largest absolute Gasteiger partial charge is 0.493 e. The molecule has 30 heavy (non-hydrogen) atoms. The van der Waals surface area contributed by atoms with Crippen LogP contribution in [0.5, 0.6) is 23.0 Å². The number of aromatic nitrogens is 2. The van der Waals surface area contributed by atoms with Crippen molar-refractivity contribution >= 4 is 32.6 Å². The van der Waals surface area contributed by atoms with Crippen LogP contribution in [0.2, 0.25) is 0 Å². The van der Waals surface area contributed by atoms with E-state index in [1.165, 1.54) is 0 Å². The Balaban J connectivity index is 2.02. The van der Waals surface area contributed by atoms with Gasteiger partial charge in [0.2, 0.25) is 6.79 Å². The van der Waals surface area contributed by atoms with Crippen LogP contribution < -0.4 is 24.5 Å². The molecule has 2 aromatic carbocycles. The first-order chi connectivity index (χ1) is 14.6. The zero-order valence-electron chi connectivity index (χ0n) is 17.3. The molecule has 154 valence electrons. The van der Waals surface area contributed by atoms with Crippen molar-refractivity contribution in [3.8, 4) is 23.0 Å². The fraction of sp³-hybridized carbons (Fsp3) is 0.304. The summed E-state index contributed by atoms with van der Waals surface area (Å²) in [5.41, 5.74) is 1.51. The molecule has 0 amide bonds. The average molecular weight is 406 g/mol. The lowest BCUT2D eigenvalue weighted by Gasteiger charge is -2.20. The maximum Gasteiger partial charge on any atom is 0.259 e. The van der Waals surface area contributed by atoms with Crippen LogP contribution in [-0.4, -0.2) is 30.6 Å². The van der Waals surface area contributed by atoms with Gasteiger partial charge in [0.25, 0.3) is 5.56 Å². The number of nitrogens with zero attached hydrogens (tertiary/aromatic N) is 2. The van der Waals surface area contributed by atoms with Gasteiger partial charge < -0.3 is 23.5 Å². The first-order valence-electron chi connectivity index (χ1n) is 9.89. The normalized spacial score (nSPS) is 13.9. The molecule has 1 aliphatic heterocycles. The number of ether oxygens (including phenoxy) is 4. The lowest BCUT2D eigenvalue weighted by molar-refractivity contribution is 0.174. The van der Waals surface area contributed by atoms with Crippen LogP contribution in [0.15, 0.2) is 35.3 Å². The van der Waals surface area contributed by atoms with E-state index in [9.17, 15) is 4.79 Å². The molecule has 7 nitrogen and oxygen atoms in total. The van der Waals surface area contributed by atoms with Crippen LogP contribution >= 0.6 is 0 Å². The van der Waals surface area contributed by atoms with Crippen molar-refractivity contribution in [3.63, 3.8) is 0 Å². The van der Waals surface area contributed by atoms with Crippen LogP contribution in [-0.2, 0) is 0 Å². The van der Waals surface area contributed by atoms with E-state index in [1.54, 1.807) is 20.3 Å². The fourth-order valence-electron chi connectivity index (χ4n) is 4.14. The quantitative estimate of drug-likeness (QED) is 0.467. The van der Waals surface area contributed by atoms with Gasteiger partial charge in [0.1, 0.15) is 0 Å². The molecular formula is C23H22N2O5. The Hall–Kier alpha value is -3.48. The third-order valence-electron chi connectivity index (χ3n) is 5.87. The van der Waals surface area contributed by atoms with Crippen molar-refractivity contribution in [2.75, 3.05) is 21.0 Å². The van der Waals surface area contributed by atoms with Crippen molar-refractivity contribution in [2.45, 2.75) is 26.3 Å². The molecule has 0 saturated carbocycles. The van der Waals surface area contributed by atoms with Gasteiger partial charge in [-0.15, -0.1) is 0 Å². The molecule has 0 N–H and O–H groups in total. The first-order valence-corrected chi connectivity index (χ1v) is 9.89. The molecule has 2 aromatic heterocycles. The number of hydrogen-bond donors (Lipinski definition) is 0. The smallest absolute Gasteiger partial charge is 0.259 e. The second-order valence-corrected chi connectivity index (χ2v) is 7.43. The number of benzene rings is 2. The van der Waals surface area contributed by atoms with Gasteiger partial charge in [-0.3, -0.25) is 9.78 Å². The Morgan fingerprint density at radius 1 is 1.00 bits per heavy atom. The highest BCUT2D eigenvalue weighted by Gasteiger charge is 2.22. The summed E-state index contributed by atoms with van der Waals surface area (Å²) in [5, 5.41) is 3.07. The number of hydrogen-bond acceptors (Lipinski definition) is 6. The van der Waals surface area contributed by atoms with Crippen LogP contribution in [0, 0.1) is 0 Å². The highest BCUT2D eigenvalue weighted by atomic mass is 16.7. The molecule has 3 heterocycles. The SMILES string of the molecule is CCC(C)n1c(=O)c2cc(OC)c(OC)cc2c2cnc3cc4c(cc3c21)OCO4. The number of fused-ring (bicyclic) bond motifs is 6. The minimum Gasteiger partial charge on any atom is -0.493 e. The number of pyridine rings is 2. The summed E-state index contributed by atoms with van der Waals surface area (Å²) >= 11 is 0. The molecule has 0 saturated heterocycles. The number of methoxy groups -OCH3 is 2. The summed E-state index contributed by atoms with van der Waals surface area (Å²) in [6, 6.07) is 7.37. The molecule has 4 aromatic rings. The molecule has 1 unspecified atom stereocenters. The zero-order chi connectivity index (χ0) is 21.0. The van der Waals surface area contributed by atoms with Crippen LogP contribution in [0.25, 0.3) is 32.6 Å². The molecule has 0 aliphatic carbocycles. The standard InChI is InChI=1S/C23H22N2O5/c1-5-12(2)25-22-15-8-20-21(30-11-29-20)9-17(15)24-10-16(22)13-6-18(27-3)19(28-4)7-14(13)23(25)26/h6-10,12H,5,11H2,1-4H3. The van der Waals surface area contributed by atoms with Crippen molar-refractivity contribution in [3.05, 3.63) is 40.8 Å². The van der Waals surface area contributed by atoms with E-state index in [1.807, 2.05) is 35.9 Å². The summed E-state index contributed by atoms with van der Waals surface area (Å²) in [5.74, 6) is 2.42. The summed E-state index contributed by atoms with van der Waals surface area (Å²) in [4.78, 5) is 18.3. The Kier molecular flexibility index (Phi) is 4.20. The Morgan fingerprint density at radius 3 is 2.33 bits per heavy atom. The van der Waals surface area contributed by atoms with Crippen molar-refractivity contribution in [1.29, 1.82) is 0 Å². The molecule has 0 bridgehead atoms. The van der Waals surface area contributed by atoms with E-state index in [2.05, 4.69) is 11.9 Å². The topological polar surface area (TPSA) is 71.8 Å². The number of rotatable bonds is 4.